The van der Waals surface area contributed by atoms with Crippen LogP contribution in [0.5, 0.6) is 5.75 Å². The molecular weight excluding hydrogens is 350 g/mol. The van der Waals surface area contributed by atoms with Gasteiger partial charge in [0.2, 0.25) is 5.91 Å². The first-order valence-electron chi connectivity index (χ1n) is 8.59. The first kappa shape index (κ1) is 18.4. The van der Waals surface area contributed by atoms with Crippen LogP contribution in [-0.4, -0.2) is 23.3 Å². The molecule has 1 atom stereocenters. The van der Waals surface area contributed by atoms with Crippen LogP contribution in [0.3, 0.4) is 0 Å². The lowest BCUT2D eigenvalue weighted by Crippen LogP contribution is -2.46. The van der Waals surface area contributed by atoms with Crippen LogP contribution < -0.4 is 15.6 Å². The van der Waals surface area contributed by atoms with Gasteiger partial charge in [-0.1, -0.05) is 36.4 Å². The van der Waals surface area contributed by atoms with Crippen LogP contribution >= 0.6 is 0 Å². The minimum atomic E-state index is -0.606. The number of amides is 2. The topological polar surface area (TPSA) is 111 Å². The summed E-state index contributed by atoms with van der Waals surface area (Å²) in [6.45, 7) is -0.452. The van der Waals surface area contributed by atoms with Crippen LogP contribution in [0.15, 0.2) is 48.5 Å². The van der Waals surface area contributed by atoms with Crippen LogP contribution in [-0.2, 0) is 16.0 Å². The zero-order valence-corrected chi connectivity index (χ0v) is 14.5. The standard InChI is InChI=1S/C19H19N3O5/c23-18(12-27-17-11-4-3-10-16(17)22(25)26)20-21-19(24)15-9-5-7-13-6-1-2-8-14(13)15/h1-4,6,8,10-11,15H,5,7,9,12H2,(H,20,23)(H,21,24)/t15-/m1/s1. The molecule has 0 heterocycles. The fraction of sp³-hybridized carbons (Fsp3) is 0.263. The molecule has 0 saturated heterocycles. The molecule has 8 nitrogen and oxygen atoms in total. The van der Waals surface area contributed by atoms with Gasteiger partial charge in [0.25, 0.3) is 5.91 Å². The Hall–Kier alpha value is -3.42. The van der Waals surface area contributed by atoms with Crippen molar-refractivity contribution < 1.29 is 19.2 Å². The number of hydrogen-bond acceptors (Lipinski definition) is 5. The van der Waals surface area contributed by atoms with E-state index >= 15 is 0 Å². The summed E-state index contributed by atoms with van der Waals surface area (Å²) in [6.07, 6.45) is 2.56. The number of hydrazine groups is 1. The normalized spacial score (nSPS) is 15.3. The maximum absolute atomic E-state index is 12.4. The molecule has 27 heavy (non-hydrogen) atoms. The molecule has 0 radical (unpaired) electrons. The summed E-state index contributed by atoms with van der Waals surface area (Å²) >= 11 is 0. The average molecular weight is 369 g/mol. The third kappa shape index (κ3) is 4.41. The van der Waals surface area contributed by atoms with E-state index in [9.17, 15) is 19.7 Å². The molecule has 2 amide bonds. The van der Waals surface area contributed by atoms with E-state index < -0.39 is 17.4 Å². The van der Waals surface area contributed by atoms with Gasteiger partial charge in [0, 0.05) is 6.07 Å². The highest BCUT2D eigenvalue weighted by Crippen LogP contribution is 2.31. The van der Waals surface area contributed by atoms with Crippen LogP contribution in [0.4, 0.5) is 5.69 Å². The predicted molar refractivity (Wildman–Crippen MR) is 97.0 cm³/mol. The molecule has 0 bridgehead atoms. The minimum Gasteiger partial charge on any atom is -0.477 e. The molecule has 2 N–H and O–H groups in total. The molecule has 3 rings (SSSR count). The maximum Gasteiger partial charge on any atom is 0.310 e. The Labute approximate surface area is 155 Å². The van der Waals surface area contributed by atoms with Crippen LogP contribution in [0.25, 0.3) is 0 Å². The average Bonchev–Trinajstić information content (AvgIpc) is 2.70. The van der Waals surface area contributed by atoms with Crippen molar-refractivity contribution in [3.63, 3.8) is 0 Å². The fourth-order valence-electron chi connectivity index (χ4n) is 3.15. The fourth-order valence-corrected chi connectivity index (χ4v) is 3.15. The van der Waals surface area contributed by atoms with Gasteiger partial charge in [-0.3, -0.25) is 30.6 Å². The molecule has 8 heteroatoms. The SMILES string of the molecule is O=C(COc1ccccc1[N+](=O)[O-])NNC(=O)[C@@H]1CCCc2ccccc21. The van der Waals surface area contributed by atoms with E-state index in [0.29, 0.717) is 6.42 Å². The zero-order valence-electron chi connectivity index (χ0n) is 14.5. The van der Waals surface area contributed by atoms with Gasteiger partial charge < -0.3 is 4.74 Å². The van der Waals surface area contributed by atoms with E-state index in [4.69, 9.17) is 4.74 Å². The van der Waals surface area contributed by atoms with E-state index in [1.54, 1.807) is 6.07 Å². The maximum atomic E-state index is 12.4. The quantitative estimate of drug-likeness (QED) is 0.620. The lowest BCUT2D eigenvalue weighted by atomic mass is 9.82. The van der Waals surface area contributed by atoms with Gasteiger partial charge in [-0.15, -0.1) is 0 Å². The molecule has 0 spiro atoms. The van der Waals surface area contributed by atoms with Crippen molar-refractivity contribution in [3.05, 3.63) is 69.8 Å². The van der Waals surface area contributed by atoms with Crippen LogP contribution in [0.1, 0.15) is 29.9 Å². The van der Waals surface area contributed by atoms with E-state index in [0.717, 1.165) is 24.0 Å². The molecule has 2 aromatic rings. The second kappa shape index (κ2) is 8.31. The monoisotopic (exact) mass is 369 g/mol. The molecule has 1 aliphatic rings. The molecule has 2 aromatic carbocycles. The Bertz CT molecular complexity index is 868. The number of aryl methyl sites for hydroxylation is 1. The van der Waals surface area contributed by atoms with Crippen LogP contribution in [0, 0.1) is 10.1 Å². The zero-order chi connectivity index (χ0) is 19.2. The van der Waals surface area contributed by atoms with Gasteiger partial charge >= 0.3 is 5.69 Å². The summed E-state index contributed by atoms with van der Waals surface area (Å²) in [5, 5.41) is 10.9. The lowest BCUT2D eigenvalue weighted by molar-refractivity contribution is -0.385. The lowest BCUT2D eigenvalue weighted by Gasteiger charge is -2.24. The third-order valence-electron chi connectivity index (χ3n) is 4.43. The number of fused-ring (bicyclic) bond motifs is 1. The van der Waals surface area contributed by atoms with Gasteiger partial charge in [-0.2, -0.15) is 0 Å². The van der Waals surface area contributed by atoms with E-state index in [2.05, 4.69) is 10.9 Å². The Kier molecular flexibility index (Phi) is 5.65. The second-order valence-corrected chi connectivity index (χ2v) is 6.19. The second-order valence-electron chi connectivity index (χ2n) is 6.19. The number of nitrogens with zero attached hydrogens (tertiary/aromatic N) is 1. The Morgan fingerprint density at radius 2 is 1.85 bits per heavy atom. The van der Waals surface area contributed by atoms with Gasteiger partial charge in [-0.25, -0.2) is 0 Å². The predicted octanol–water partition coefficient (Wildman–Crippen LogP) is 2.24. The third-order valence-corrected chi connectivity index (χ3v) is 4.43. The van der Waals surface area contributed by atoms with Crippen molar-refractivity contribution in [1.82, 2.24) is 10.9 Å². The summed E-state index contributed by atoms with van der Waals surface area (Å²) in [4.78, 5) is 34.7. The van der Waals surface area contributed by atoms with Gasteiger partial charge in [0.05, 0.1) is 10.8 Å². The van der Waals surface area contributed by atoms with E-state index in [1.165, 1.54) is 18.2 Å². The van der Waals surface area contributed by atoms with E-state index in [1.807, 2.05) is 24.3 Å². The number of hydrogen-bond donors (Lipinski definition) is 2. The van der Waals surface area contributed by atoms with Crippen LogP contribution in [0.2, 0.25) is 0 Å². The molecule has 0 fully saturated rings. The first-order chi connectivity index (χ1) is 13.1. The molecule has 1 aliphatic carbocycles. The number of carbonyl (C=O) groups is 2. The molecule has 0 aliphatic heterocycles. The molecule has 0 unspecified atom stereocenters. The number of ether oxygens (including phenoxy) is 1. The summed E-state index contributed by atoms with van der Waals surface area (Å²) in [5.74, 6) is -1.22. The summed E-state index contributed by atoms with van der Waals surface area (Å²) in [6, 6.07) is 13.5. The number of carbonyl (C=O) groups excluding carboxylic acids is 2. The minimum absolute atomic E-state index is 0.00909. The summed E-state index contributed by atoms with van der Waals surface area (Å²) < 4.78 is 5.19. The number of para-hydroxylation sites is 2. The van der Waals surface area contributed by atoms with Gasteiger partial charge in [0.15, 0.2) is 12.4 Å². The Morgan fingerprint density at radius 3 is 2.67 bits per heavy atom. The van der Waals surface area contributed by atoms with Crippen molar-refractivity contribution in [1.29, 1.82) is 0 Å². The number of rotatable bonds is 5. The van der Waals surface area contributed by atoms with Crippen molar-refractivity contribution in [2.75, 3.05) is 6.61 Å². The highest BCUT2D eigenvalue weighted by Gasteiger charge is 2.26. The Balaban J connectivity index is 1.53. The van der Waals surface area contributed by atoms with Crippen molar-refractivity contribution in [2.24, 2.45) is 0 Å². The highest BCUT2D eigenvalue weighted by atomic mass is 16.6. The van der Waals surface area contributed by atoms with Crippen molar-refractivity contribution in [2.45, 2.75) is 25.2 Å². The first-order valence-corrected chi connectivity index (χ1v) is 8.59. The molecule has 140 valence electrons. The summed E-state index contributed by atoms with van der Waals surface area (Å²) in [5.41, 5.74) is 6.61. The molecule has 0 saturated carbocycles. The van der Waals surface area contributed by atoms with Crippen molar-refractivity contribution >= 4 is 17.5 Å². The molecular formula is C19H19N3O5. The van der Waals surface area contributed by atoms with E-state index in [-0.39, 0.29) is 23.3 Å². The smallest absolute Gasteiger partial charge is 0.310 e. The molecule has 0 aromatic heterocycles. The number of nitro benzene ring substituents is 1. The number of benzene rings is 2. The summed E-state index contributed by atoms with van der Waals surface area (Å²) in [7, 11) is 0. The largest absolute Gasteiger partial charge is 0.477 e. The number of nitro groups is 1. The number of nitrogens with one attached hydrogen (secondary N) is 2. The highest BCUT2D eigenvalue weighted by molar-refractivity contribution is 5.87. The Morgan fingerprint density at radius 1 is 1.11 bits per heavy atom. The van der Waals surface area contributed by atoms with Gasteiger partial charge in [0.1, 0.15) is 0 Å². The van der Waals surface area contributed by atoms with Crippen molar-refractivity contribution in [3.8, 4) is 5.75 Å². The van der Waals surface area contributed by atoms with Gasteiger partial charge in [-0.05, 0) is 36.5 Å².